The van der Waals surface area contributed by atoms with E-state index >= 15 is 0 Å². The van der Waals surface area contributed by atoms with Crippen LogP contribution in [0.15, 0.2) is 0 Å². The fourth-order valence-corrected chi connectivity index (χ4v) is 2.79. The van der Waals surface area contributed by atoms with E-state index in [0.29, 0.717) is 6.61 Å². The number of hydrogen-bond acceptors (Lipinski definition) is 4. The molecule has 0 radical (unpaired) electrons. The lowest BCUT2D eigenvalue weighted by atomic mass is 10.1. The van der Waals surface area contributed by atoms with Gasteiger partial charge >= 0.3 is 0 Å². The Morgan fingerprint density at radius 3 is 1.56 bits per heavy atom. The number of unbranched alkanes of at least 4 members (excludes halogenated alkanes) is 11. The largest absolute Gasteiger partial charge is 0.394 e. The Hall–Kier alpha value is -0.160. The smallest absolute Gasteiger partial charge is 0.103 e. The average Bonchev–Trinajstić information content (AvgIpc) is 2.64. The van der Waals surface area contributed by atoms with Gasteiger partial charge in [0.2, 0.25) is 0 Å². The van der Waals surface area contributed by atoms with E-state index in [1.54, 1.807) is 7.11 Å². The summed E-state index contributed by atoms with van der Waals surface area (Å²) < 4.78 is 16.2. The molecular weight excluding hydrogens is 316 g/mol. The van der Waals surface area contributed by atoms with Gasteiger partial charge in [0, 0.05) is 26.9 Å². The van der Waals surface area contributed by atoms with Crippen LogP contribution in [0.3, 0.4) is 0 Å². The van der Waals surface area contributed by atoms with Gasteiger partial charge in [-0.25, -0.2) is 0 Å². The first-order chi connectivity index (χ1) is 12.3. The predicted octanol–water partition coefficient (Wildman–Crippen LogP) is 5.12. The maximum absolute atomic E-state index is 8.95. The summed E-state index contributed by atoms with van der Waals surface area (Å²) in [4.78, 5) is 0. The molecule has 1 unspecified atom stereocenters. The first-order valence-corrected chi connectivity index (χ1v) is 10.6. The van der Waals surface area contributed by atoms with Gasteiger partial charge in [-0.1, -0.05) is 64.7 Å². The van der Waals surface area contributed by atoms with Crippen molar-refractivity contribution in [3.8, 4) is 0 Å². The number of hydrogen-bond donors (Lipinski definition) is 1. The van der Waals surface area contributed by atoms with Crippen molar-refractivity contribution in [2.75, 3.05) is 40.1 Å². The summed E-state index contributed by atoms with van der Waals surface area (Å²) in [5.41, 5.74) is 0. The second kappa shape index (κ2) is 21.9. The van der Waals surface area contributed by atoms with Crippen molar-refractivity contribution in [2.24, 2.45) is 0 Å². The maximum Gasteiger partial charge on any atom is 0.103 e. The first-order valence-electron chi connectivity index (χ1n) is 10.6. The van der Waals surface area contributed by atoms with Crippen molar-refractivity contribution in [2.45, 2.75) is 96.5 Å². The van der Waals surface area contributed by atoms with Crippen molar-refractivity contribution in [3.63, 3.8) is 0 Å². The summed E-state index contributed by atoms with van der Waals surface area (Å²) in [6.07, 6.45) is 16.8. The lowest BCUT2D eigenvalue weighted by Gasteiger charge is -2.12. The van der Waals surface area contributed by atoms with E-state index in [9.17, 15) is 0 Å². The van der Waals surface area contributed by atoms with E-state index in [1.807, 2.05) is 0 Å². The Morgan fingerprint density at radius 1 is 0.640 bits per heavy atom. The third kappa shape index (κ3) is 20.0. The van der Waals surface area contributed by atoms with Gasteiger partial charge in [0.1, 0.15) is 6.10 Å². The third-order valence-corrected chi connectivity index (χ3v) is 4.56. The molecule has 0 aromatic heterocycles. The van der Waals surface area contributed by atoms with Crippen molar-refractivity contribution >= 4 is 0 Å². The predicted molar refractivity (Wildman–Crippen MR) is 105 cm³/mol. The Bertz CT molecular complexity index is 232. The molecule has 0 rings (SSSR count). The minimum Gasteiger partial charge on any atom is -0.394 e. The average molecular weight is 361 g/mol. The summed E-state index contributed by atoms with van der Waals surface area (Å²) in [6.45, 7) is 5.28. The van der Waals surface area contributed by atoms with E-state index in [2.05, 4.69) is 6.92 Å². The van der Waals surface area contributed by atoms with Crippen LogP contribution in [-0.4, -0.2) is 51.4 Å². The number of ether oxygens (including phenoxy) is 3. The molecule has 0 aliphatic rings. The highest BCUT2D eigenvalue weighted by atomic mass is 16.5. The molecule has 0 aromatic rings. The van der Waals surface area contributed by atoms with E-state index in [-0.39, 0.29) is 12.7 Å². The number of methoxy groups -OCH3 is 1. The molecule has 0 fully saturated rings. The second-order valence-corrected chi connectivity index (χ2v) is 6.97. The van der Waals surface area contributed by atoms with Crippen molar-refractivity contribution in [3.05, 3.63) is 0 Å². The van der Waals surface area contributed by atoms with Crippen molar-refractivity contribution < 1.29 is 19.3 Å². The molecule has 1 N–H and O–H groups in total. The normalized spacial score (nSPS) is 12.6. The Labute approximate surface area is 156 Å². The van der Waals surface area contributed by atoms with E-state index < -0.39 is 0 Å². The van der Waals surface area contributed by atoms with Crippen molar-refractivity contribution in [1.82, 2.24) is 0 Å². The van der Waals surface area contributed by atoms with Crippen LogP contribution in [0.2, 0.25) is 0 Å². The van der Waals surface area contributed by atoms with E-state index in [0.717, 1.165) is 39.1 Å². The van der Waals surface area contributed by atoms with Crippen LogP contribution in [0, 0.1) is 0 Å². The first kappa shape index (κ1) is 24.8. The van der Waals surface area contributed by atoms with E-state index in [4.69, 9.17) is 19.3 Å². The third-order valence-electron chi connectivity index (χ3n) is 4.56. The molecule has 0 heterocycles. The van der Waals surface area contributed by atoms with Crippen LogP contribution in [0.25, 0.3) is 0 Å². The molecule has 152 valence electrons. The summed E-state index contributed by atoms with van der Waals surface area (Å²) in [7, 11) is 1.59. The number of aliphatic hydroxyl groups excluding tert-OH is 1. The molecule has 0 aliphatic heterocycles. The zero-order valence-corrected chi connectivity index (χ0v) is 17.0. The summed E-state index contributed by atoms with van der Waals surface area (Å²) >= 11 is 0. The topological polar surface area (TPSA) is 47.9 Å². The van der Waals surface area contributed by atoms with Gasteiger partial charge in [0.15, 0.2) is 0 Å². The molecule has 0 bridgehead atoms. The SMILES string of the molecule is CCCCCCCCCCCCOCCCCCOCC(CO)OC. The monoisotopic (exact) mass is 360 g/mol. The molecule has 0 spiro atoms. The summed E-state index contributed by atoms with van der Waals surface area (Å²) in [5, 5.41) is 8.95. The summed E-state index contributed by atoms with van der Waals surface area (Å²) in [6, 6.07) is 0. The molecule has 0 amide bonds. The molecule has 0 aromatic carbocycles. The van der Waals surface area contributed by atoms with E-state index in [1.165, 1.54) is 64.2 Å². The highest BCUT2D eigenvalue weighted by Crippen LogP contribution is 2.10. The van der Waals surface area contributed by atoms with Crippen LogP contribution in [0.4, 0.5) is 0 Å². The molecular formula is C21H44O4. The molecule has 0 saturated heterocycles. The number of aliphatic hydroxyl groups is 1. The second-order valence-electron chi connectivity index (χ2n) is 6.97. The van der Waals surface area contributed by atoms with Gasteiger partial charge in [0.05, 0.1) is 13.2 Å². The minimum atomic E-state index is -0.190. The Balaban J connectivity index is 3.03. The Kier molecular flexibility index (Phi) is 21.7. The quantitative estimate of drug-likeness (QED) is 0.289. The van der Waals surface area contributed by atoms with Crippen LogP contribution in [0.5, 0.6) is 0 Å². The molecule has 0 aliphatic carbocycles. The number of rotatable bonds is 21. The zero-order valence-electron chi connectivity index (χ0n) is 17.0. The van der Waals surface area contributed by atoms with Gasteiger partial charge in [0.25, 0.3) is 0 Å². The fourth-order valence-electron chi connectivity index (χ4n) is 2.79. The van der Waals surface area contributed by atoms with Crippen LogP contribution in [0.1, 0.15) is 90.4 Å². The maximum atomic E-state index is 8.95. The highest BCUT2D eigenvalue weighted by molar-refractivity contribution is 4.52. The van der Waals surface area contributed by atoms with Crippen LogP contribution < -0.4 is 0 Å². The van der Waals surface area contributed by atoms with Gasteiger partial charge < -0.3 is 19.3 Å². The lowest BCUT2D eigenvalue weighted by Crippen LogP contribution is -2.22. The zero-order chi connectivity index (χ0) is 18.4. The highest BCUT2D eigenvalue weighted by Gasteiger charge is 2.04. The van der Waals surface area contributed by atoms with Crippen molar-refractivity contribution in [1.29, 1.82) is 0 Å². The van der Waals surface area contributed by atoms with Gasteiger partial charge in [-0.3, -0.25) is 0 Å². The summed E-state index contributed by atoms with van der Waals surface area (Å²) in [5.74, 6) is 0. The standard InChI is InChI=1S/C21H44O4/c1-3-4-5-6-7-8-9-10-11-13-16-24-17-14-12-15-18-25-20-21(19-22)23-2/h21-22H,3-20H2,1-2H3. The lowest BCUT2D eigenvalue weighted by molar-refractivity contribution is -0.0207. The van der Waals surface area contributed by atoms with Crippen LogP contribution >= 0.6 is 0 Å². The Morgan fingerprint density at radius 2 is 1.08 bits per heavy atom. The molecule has 4 heteroatoms. The molecule has 1 atom stereocenters. The molecule has 25 heavy (non-hydrogen) atoms. The van der Waals surface area contributed by atoms with Gasteiger partial charge in [-0.05, 0) is 25.7 Å². The van der Waals surface area contributed by atoms with Gasteiger partial charge in [-0.15, -0.1) is 0 Å². The molecule has 4 nitrogen and oxygen atoms in total. The molecule has 0 saturated carbocycles. The minimum absolute atomic E-state index is 0.0172. The fraction of sp³-hybridized carbons (Fsp3) is 1.00. The van der Waals surface area contributed by atoms with Crippen LogP contribution in [-0.2, 0) is 14.2 Å². The van der Waals surface area contributed by atoms with Gasteiger partial charge in [-0.2, -0.15) is 0 Å².